The molecule has 2 aromatic rings. The number of hydrogen-bond acceptors (Lipinski definition) is 3. The fraction of sp³-hybridized carbons (Fsp3) is 0.350. The lowest BCUT2D eigenvalue weighted by Gasteiger charge is -2.19. The predicted octanol–water partition coefficient (Wildman–Crippen LogP) is 5.05. The smallest absolute Gasteiger partial charge is 0.255 e. The highest BCUT2D eigenvalue weighted by atomic mass is 35.5. The molecule has 5 heteroatoms. The molecule has 0 aromatic heterocycles. The van der Waals surface area contributed by atoms with Crippen molar-refractivity contribution in [3.63, 3.8) is 0 Å². The van der Waals surface area contributed by atoms with Crippen LogP contribution in [-0.2, 0) is 5.41 Å². The van der Waals surface area contributed by atoms with Crippen LogP contribution >= 0.6 is 11.6 Å². The SMILES string of the molecule is CC(C)(C)c1ccc(C(=O)Nc2cc3c(cc2Cl)OCCCO3)cc1. The first kappa shape index (κ1) is 17.6. The number of halogens is 1. The minimum absolute atomic E-state index is 0.0483. The lowest BCUT2D eigenvalue weighted by molar-refractivity contribution is 0.102. The van der Waals surface area contributed by atoms with Gasteiger partial charge >= 0.3 is 0 Å². The molecule has 1 amide bonds. The first-order valence-corrected chi connectivity index (χ1v) is 8.73. The quantitative estimate of drug-likeness (QED) is 0.816. The highest BCUT2D eigenvalue weighted by Gasteiger charge is 2.17. The second-order valence-corrected chi connectivity index (χ2v) is 7.52. The predicted molar refractivity (Wildman–Crippen MR) is 100 cm³/mol. The summed E-state index contributed by atoms with van der Waals surface area (Å²) in [5, 5.41) is 3.27. The van der Waals surface area contributed by atoms with E-state index in [1.165, 1.54) is 5.56 Å². The summed E-state index contributed by atoms with van der Waals surface area (Å²) in [7, 11) is 0. The Bertz CT molecular complexity index is 779. The molecule has 1 N–H and O–H groups in total. The lowest BCUT2D eigenvalue weighted by Crippen LogP contribution is -2.14. The van der Waals surface area contributed by atoms with Crippen LogP contribution in [0.4, 0.5) is 5.69 Å². The van der Waals surface area contributed by atoms with Crippen LogP contribution < -0.4 is 14.8 Å². The first-order chi connectivity index (χ1) is 11.8. The summed E-state index contributed by atoms with van der Waals surface area (Å²) in [6.45, 7) is 7.59. The van der Waals surface area contributed by atoms with E-state index in [0.717, 1.165) is 6.42 Å². The van der Waals surface area contributed by atoms with Crippen LogP contribution in [0.25, 0.3) is 0 Å². The lowest BCUT2D eigenvalue weighted by atomic mass is 9.87. The molecule has 0 unspecified atom stereocenters. The number of carbonyl (C=O) groups excluding carboxylic acids is 1. The standard InChI is InChI=1S/C20H22ClNO3/c1-20(2,3)14-7-5-13(6-8-14)19(23)22-16-12-18-17(11-15(16)21)24-9-4-10-25-18/h5-8,11-12H,4,9-10H2,1-3H3,(H,22,23). The minimum Gasteiger partial charge on any atom is -0.490 e. The molecule has 3 rings (SSSR count). The molecule has 0 spiro atoms. The fourth-order valence-electron chi connectivity index (χ4n) is 2.60. The van der Waals surface area contributed by atoms with Gasteiger partial charge < -0.3 is 14.8 Å². The van der Waals surface area contributed by atoms with Crippen LogP contribution in [0, 0.1) is 0 Å². The third-order valence-electron chi connectivity index (χ3n) is 4.10. The average Bonchev–Trinajstić information content (AvgIpc) is 2.79. The van der Waals surface area contributed by atoms with Crippen LogP contribution in [0.3, 0.4) is 0 Å². The number of anilines is 1. The topological polar surface area (TPSA) is 47.6 Å². The molecule has 0 saturated carbocycles. The van der Waals surface area contributed by atoms with Crippen molar-refractivity contribution in [2.24, 2.45) is 0 Å². The summed E-state index contributed by atoms with van der Waals surface area (Å²) in [6.07, 6.45) is 0.814. The molecule has 0 aliphatic carbocycles. The molecule has 0 radical (unpaired) electrons. The summed E-state index contributed by atoms with van der Waals surface area (Å²) < 4.78 is 11.2. The van der Waals surface area contributed by atoms with E-state index in [1.807, 2.05) is 24.3 Å². The van der Waals surface area contributed by atoms with Crippen molar-refractivity contribution in [3.05, 3.63) is 52.5 Å². The molecular weight excluding hydrogens is 338 g/mol. The maximum absolute atomic E-state index is 12.5. The van der Waals surface area contributed by atoms with Gasteiger partial charge in [-0.2, -0.15) is 0 Å². The largest absolute Gasteiger partial charge is 0.490 e. The van der Waals surface area contributed by atoms with Crippen molar-refractivity contribution in [1.82, 2.24) is 0 Å². The Balaban J connectivity index is 1.80. The zero-order valence-electron chi connectivity index (χ0n) is 14.7. The highest BCUT2D eigenvalue weighted by Crippen LogP contribution is 2.37. The van der Waals surface area contributed by atoms with Crippen LogP contribution in [0.5, 0.6) is 11.5 Å². The van der Waals surface area contributed by atoms with Crippen LogP contribution in [-0.4, -0.2) is 19.1 Å². The second kappa shape index (κ2) is 6.96. The van der Waals surface area contributed by atoms with Gasteiger partial charge in [-0.05, 0) is 23.1 Å². The van der Waals surface area contributed by atoms with Gasteiger partial charge in [0.05, 0.1) is 23.9 Å². The Morgan fingerprint density at radius 2 is 1.64 bits per heavy atom. The van der Waals surface area contributed by atoms with Gasteiger partial charge in [-0.1, -0.05) is 44.5 Å². The molecule has 132 valence electrons. The van der Waals surface area contributed by atoms with E-state index in [1.54, 1.807) is 12.1 Å². The van der Waals surface area contributed by atoms with E-state index < -0.39 is 0 Å². The summed E-state index contributed by atoms with van der Waals surface area (Å²) in [6, 6.07) is 11.0. The van der Waals surface area contributed by atoms with Gasteiger partial charge in [0.25, 0.3) is 5.91 Å². The number of rotatable bonds is 2. The van der Waals surface area contributed by atoms with Crippen molar-refractivity contribution in [2.45, 2.75) is 32.6 Å². The zero-order chi connectivity index (χ0) is 18.0. The highest BCUT2D eigenvalue weighted by molar-refractivity contribution is 6.34. The van der Waals surface area contributed by atoms with Crippen LogP contribution in [0.2, 0.25) is 5.02 Å². The second-order valence-electron chi connectivity index (χ2n) is 7.11. The molecule has 0 atom stereocenters. The Hall–Kier alpha value is -2.20. The summed E-state index contributed by atoms with van der Waals surface area (Å²) in [5.41, 5.74) is 2.32. The molecule has 2 aromatic carbocycles. The van der Waals surface area contributed by atoms with Gasteiger partial charge in [-0.15, -0.1) is 0 Å². The van der Waals surface area contributed by atoms with Crippen molar-refractivity contribution < 1.29 is 14.3 Å². The van der Waals surface area contributed by atoms with Gasteiger partial charge in [-0.25, -0.2) is 0 Å². The van der Waals surface area contributed by atoms with Crippen molar-refractivity contribution >= 4 is 23.2 Å². The number of carbonyl (C=O) groups is 1. The van der Waals surface area contributed by atoms with Crippen molar-refractivity contribution in [2.75, 3.05) is 18.5 Å². The Labute approximate surface area is 153 Å². The molecule has 0 bridgehead atoms. The molecule has 1 heterocycles. The minimum atomic E-state index is -0.211. The number of ether oxygens (including phenoxy) is 2. The first-order valence-electron chi connectivity index (χ1n) is 8.35. The van der Waals surface area contributed by atoms with Gasteiger partial charge in [0.15, 0.2) is 11.5 Å². The summed E-state index contributed by atoms with van der Waals surface area (Å²) >= 11 is 6.28. The van der Waals surface area contributed by atoms with Crippen LogP contribution in [0.15, 0.2) is 36.4 Å². The third-order valence-corrected chi connectivity index (χ3v) is 4.41. The van der Waals surface area contributed by atoms with E-state index in [2.05, 4.69) is 26.1 Å². The average molecular weight is 360 g/mol. The van der Waals surface area contributed by atoms with E-state index in [0.29, 0.717) is 41.0 Å². The Morgan fingerprint density at radius 3 is 2.24 bits per heavy atom. The molecule has 4 nitrogen and oxygen atoms in total. The molecule has 25 heavy (non-hydrogen) atoms. The number of benzene rings is 2. The van der Waals surface area contributed by atoms with Gasteiger partial charge in [0.1, 0.15) is 0 Å². The van der Waals surface area contributed by atoms with E-state index >= 15 is 0 Å². The molecule has 1 aliphatic rings. The Morgan fingerprint density at radius 1 is 1.04 bits per heavy atom. The van der Waals surface area contributed by atoms with E-state index in [4.69, 9.17) is 21.1 Å². The fourth-order valence-corrected chi connectivity index (χ4v) is 2.80. The van der Waals surface area contributed by atoms with Gasteiger partial charge in [0, 0.05) is 24.1 Å². The van der Waals surface area contributed by atoms with Crippen molar-refractivity contribution in [3.8, 4) is 11.5 Å². The van der Waals surface area contributed by atoms with Gasteiger partial charge in [0.2, 0.25) is 0 Å². The number of fused-ring (bicyclic) bond motifs is 1. The molecule has 0 saturated heterocycles. The maximum atomic E-state index is 12.5. The van der Waals surface area contributed by atoms with Crippen LogP contribution in [0.1, 0.15) is 43.1 Å². The molecular formula is C20H22ClNO3. The van der Waals surface area contributed by atoms with E-state index in [9.17, 15) is 4.79 Å². The number of hydrogen-bond donors (Lipinski definition) is 1. The third kappa shape index (κ3) is 4.07. The van der Waals surface area contributed by atoms with E-state index in [-0.39, 0.29) is 11.3 Å². The number of nitrogens with one attached hydrogen (secondary N) is 1. The Kier molecular flexibility index (Phi) is 4.91. The monoisotopic (exact) mass is 359 g/mol. The van der Waals surface area contributed by atoms with Gasteiger partial charge in [-0.3, -0.25) is 4.79 Å². The number of amides is 1. The van der Waals surface area contributed by atoms with Crippen molar-refractivity contribution in [1.29, 1.82) is 0 Å². The molecule has 0 fully saturated rings. The normalized spacial score (nSPS) is 13.9. The summed E-state index contributed by atoms with van der Waals surface area (Å²) in [5.74, 6) is 0.993. The maximum Gasteiger partial charge on any atom is 0.255 e. The summed E-state index contributed by atoms with van der Waals surface area (Å²) in [4.78, 5) is 12.5. The molecule has 1 aliphatic heterocycles. The zero-order valence-corrected chi connectivity index (χ0v) is 15.4.